The van der Waals surface area contributed by atoms with Gasteiger partial charge in [-0.3, -0.25) is 0 Å². The number of carbonyl (C=O) groups is 1. The topological polar surface area (TPSA) is 37.3 Å². The average Bonchev–Trinajstić information content (AvgIpc) is 1.85. The molecule has 60 valence electrons. The SMILES string of the molecule is CC(C)CCC(C)(O)C=O. The summed E-state index contributed by atoms with van der Waals surface area (Å²) in [5.74, 6) is 0.548. The first-order valence-corrected chi connectivity index (χ1v) is 3.66. The van der Waals surface area contributed by atoms with E-state index in [0.717, 1.165) is 6.42 Å². The Morgan fingerprint density at radius 2 is 2.10 bits per heavy atom. The zero-order chi connectivity index (χ0) is 8.20. The fourth-order valence-electron chi connectivity index (χ4n) is 0.640. The minimum Gasteiger partial charge on any atom is -0.383 e. The summed E-state index contributed by atoms with van der Waals surface area (Å²) in [5.41, 5.74) is -1.11. The highest BCUT2D eigenvalue weighted by atomic mass is 16.3. The van der Waals surface area contributed by atoms with Crippen LogP contribution >= 0.6 is 0 Å². The van der Waals surface area contributed by atoms with E-state index in [1.54, 1.807) is 6.92 Å². The summed E-state index contributed by atoms with van der Waals surface area (Å²) in [7, 11) is 0. The summed E-state index contributed by atoms with van der Waals surface area (Å²) < 4.78 is 0. The Labute approximate surface area is 62.2 Å². The van der Waals surface area contributed by atoms with E-state index < -0.39 is 5.60 Å². The van der Waals surface area contributed by atoms with Gasteiger partial charge in [0.2, 0.25) is 0 Å². The molecule has 0 aliphatic heterocycles. The average molecular weight is 144 g/mol. The fourth-order valence-corrected chi connectivity index (χ4v) is 0.640. The summed E-state index contributed by atoms with van der Waals surface area (Å²) in [6.45, 7) is 5.68. The maximum absolute atomic E-state index is 10.2. The number of aliphatic hydroxyl groups is 1. The van der Waals surface area contributed by atoms with Gasteiger partial charge in [0.1, 0.15) is 5.60 Å². The van der Waals surface area contributed by atoms with E-state index in [4.69, 9.17) is 0 Å². The Morgan fingerprint density at radius 3 is 2.40 bits per heavy atom. The van der Waals surface area contributed by atoms with Gasteiger partial charge in [-0.05, 0) is 25.7 Å². The molecule has 0 heterocycles. The molecule has 0 bridgehead atoms. The zero-order valence-corrected chi connectivity index (χ0v) is 6.92. The molecule has 0 aromatic heterocycles. The van der Waals surface area contributed by atoms with Crippen molar-refractivity contribution in [1.29, 1.82) is 0 Å². The second-order valence-electron chi connectivity index (χ2n) is 3.41. The van der Waals surface area contributed by atoms with Gasteiger partial charge in [0.05, 0.1) is 0 Å². The van der Waals surface area contributed by atoms with E-state index in [1.165, 1.54) is 0 Å². The number of rotatable bonds is 4. The highest BCUT2D eigenvalue weighted by molar-refractivity contribution is 5.60. The molecular weight excluding hydrogens is 128 g/mol. The van der Waals surface area contributed by atoms with Crippen molar-refractivity contribution in [3.63, 3.8) is 0 Å². The second kappa shape index (κ2) is 3.71. The molecule has 0 fully saturated rings. The standard InChI is InChI=1S/C8H16O2/c1-7(2)4-5-8(3,10)6-9/h6-7,10H,4-5H2,1-3H3. The van der Waals surface area contributed by atoms with Gasteiger partial charge in [-0.15, -0.1) is 0 Å². The second-order valence-corrected chi connectivity index (χ2v) is 3.41. The third-order valence-electron chi connectivity index (χ3n) is 1.48. The molecule has 10 heavy (non-hydrogen) atoms. The van der Waals surface area contributed by atoms with E-state index in [1.807, 2.05) is 0 Å². The minimum atomic E-state index is -1.11. The molecule has 0 amide bonds. The molecule has 0 aromatic rings. The Hall–Kier alpha value is -0.370. The van der Waals surface area contributed by atoms with E-state index in [-0.39, 0.29) is 0 Å². The van der Waals surface area contributed by atoms with Crippen LogP contribution in [0.1, 0.15) is 33.6 Å². The highest BCUT2D eigenvalue weighted by Crippen LogP contribution is 2.13. The largest absolute Gasteiger partial charge is 0.383 e. The van der Waals surface area contributed by atoms with Crippen LogP contribution in [-0.4, -0.2) is 17.0 Å². The lowest BCUT2D eigenvalue weighted by Crippen LogP contribution is -2.26. The monoisotopic (exact) mass is 144 g/mol. The fraction of sp³-hybridized carbons (Fsp3) is 0.875. The van der Waals surface area contributed by atoms with Crippen molar-refractivity contribution in [3.05, 3.63) is 0 Å². The van der Waals surface area contributed by atoms with E-state index in [2.05, 4.69) is 13.8 Å². The smallest absolute Gasteiger partial charge is 0.151 e. The van der Waals surface area contributed by atoms with Gasteiger partial charge in [-0.2, -0.15) is 0 Å². The third kappa shape index (κ3) is 4.50. The van der Waals surface area contributed by atoms with Gasteiger partial charge < -0.3 is 9.90 Å². The molecule has 1 N–H and O–H groups in total. The molecule has 0 spiro atoms. The van der Waals surface area contributed by atoms with Crippen molar-refractivity contribution in [2.24, 2.45) is 5.92 Å². The van der Waals surface area contributed by atoms with Gasteiger partial charge in [0.15, 0.2) is 6.29 Å². The summed E-state index contributed by atoms with van der Waals surface area (Å²) in [6, 6.07) is 0. The van der Waals surface area contributed by atoms with Crippen molar-refractivity contribution in [1.82, 2.24) is 0 Å². The first kappa shape index (κ1) is 9.63. The molecule has 0 aliphatic carbocycles. The molecule has 1 atom stereocenters. The van der Waals surface area contributed by atoms with E-state index in [9.17, 15) is 9.90 Å². The predicted octanol–water partition coefficient (Wildman–Crippen LogP) is 1.37. The van der Waals surface area contributed by atoms with E-state index >= 15 is 0 Å². The van der Waals surface area contributed by atoms with Crippen LogP contribution in [0.25, 0.3) is 0 Å². The van der Waals surface area contributed by atoms with Gasteiger partial charge in [0, 0.05) is 0 Å². The molecule has 0 aliphatic rings. The normalized spacial score (nSPS) is 16.9. The zero-order valence-electron chi connectivity index (χ0n) is 6.92. The Bertz CT molecular complexity index is 106. The van der Waals surface area contributed by atoms with E-state index in [0.29, 0.717) is 18.6 Å². The van der Waals surface area contributed by atoms with Gasteiger partial charge >= 0.3 is 0 Å². The van der Waals surface area contributed by atoms with Crippen LogP contribution in [0.5, 0.6) is 0 Å². The maximum Gasteiger partial charge on any atom is 0.151 e. The molecule has 0 aromatic carbocycles. The Balaban J connectivity index is 3.56. The lowest BCUT2D eigenvalue weighted by Gasteiger charge is -2.16. The lowest BCUT2D eigenvalue weighted by molar-refractivity contribution is -0.123. The minimum absolute atomic E-state index is 0.548. The number of hydrogen-bond donors (Lipinski definition) is 1. The van der Waals surface area contributed by atoms with Gasteiger partial charge in [-0.25, -0.2) is 0 Å². The predicted molar refractivity (Wildman–Crippen MR) is 40.8 cm³/mol. The third-order valence-corrected chi connectivity index (χ3v) is 1.48. The van der Waals surface area contributed by atoms with Crippen molar-refractivity contribution < 1.29 is 9.90 Å². The molecule has 0 rings (SSSR count). The molecular formula is C8H16O2. The highest BCUT2D eigenvalue weighted by Gasteiger charge is 2.18. The van der Waals surface area contributed by atoms with Crippen LogP contribution in [0.15, 0.2) is 0 Å². The van der Waals surface area contributed by atoms with Crippen LogP contribution < -0.4 is 0 Å². The molecule has 0 radical (unpaired) electrons. The molecule has 1 unspecified atom stereocenters. The molecule has 0 saturated carbocycles. The molecule has 2 nitrogen and oxygen atoms in total. The van der Waals surface area contributed by atoms with Crippen molar-refractivity contribution >= 4 is 6.29 Å². The first-order chi connectivity index (χ1) is 4.48. The maximum atomic E-state index is 10.2. The quantitative estimate of drug-likeness (QED) is 0.605. The first-order valence-electron chi connectivity index (χ1n) is 3.66. The summed E-state index contributed by atoms with van der Waals surface area (Å²) in [6.07, 6.45) is 2.06. The number of carbonyl (C=O) groups excluding carboxylic acids is 1. The van der Waals surface area contributed by atoms with Gasteiger partial charge in [-0.1, -0.05) is 13.8 Å². The van der Waals surface area contributed by atoms with Crippen molar-refractivity contribution in [2.45, 2.75) is 39.2 Å². The van der Waals surface area contributed by atoms with Gasteiger partial charge in [0.25, 0.3) is 0 Å². The van der Waals surface area contributed by atoms with Crippen LogP contribution in [0.3, 0.4) is 0 Å². The van der Waals surface area contributed by atoms with Crippen molar-refractivity contribution in [3.8, 4) is 0 Å². The molecule has 2 heteroatoms. The number of aldehydes is 1. The molecule has 0 saturated heterocycles. The summed E-state index contributed by atoms with van der Waals surface area (Å²) in [5, 5.41) is 9.20. The Kier molecular flexibility index (Phi) is 3.58. The number of hydrogen-bond acceptors (Lipinski definition) is 2. The van der Waals surface area contributed by atoms with Crippen molar-refractivity contribution in [2.75, 3.05) is 0 Å². The summed E-state index contributed by atoms with van der Waals surface area (Å²) >= 11 is 0. The van der Waals surface area contributed by atoms with Crippen LogP contribution in [0.2, 0.25) is 0 Å². The summed E-state index contributed by atoms with van der Waals surface area (Å²) in [4.78, 5) is 10.2. The van der Waals surface area contributed by atoms with Crippen LogP contribution in [0, 0.1) is 5.92 Å². The lowest BCUT2D eigenvalue weighted by atomic mass is 9.97. The van der Waals surface area contributed by atoms with Crippen LogP contribution in [0.4, 0.5) is 0 Å². The van der Waals surface area contributed by atoms with Crippen LogP contribution in [-0.2, 0) is 4.79 Å². The Morgan fingerprint density at radius 1 is 1.60 bits per heavy atom.